The van der Waals surface area contributed by atoms with Crippen LogP contribution in [0.15, 0.2) is 48.7 Å². The van der Waals surface area contributed by atoms with Crippen molar-refractivity contribution in [3.8, 4) is 5.75 Å². The van der Waals surface area contributed by atoms with E-state index in [0.717, 1.165) is 5.52 Å². The Kier molecular flexibility index (Phi) is 2.99. The fraction of sp³-hybridized carbons (Fsp3) is 0.0625. The van der Waals surface area contributed by atoms with Crippen molar-refractivity contribution < 1.29 is 13.9 Å². The topological polar surface area (TPSA) is 42.1 Å². The minimum absolute atomic E-state index is 0.0549. The van der Waals surface area contributed by atoms with Crippen molar-refractivity contribution in [2.24, 2.45) is 0 Å². The molecule has 3 nitrogen and oxygen atoms in total. The van der Waals surface area contributed by atoms with Crippen LogP contribution in [0.25, 0.3) is 10.9 Å². The standard InChI is InChI=1S/C16H12FNO2/c1-20-14-8-4-7-13-15(14)11(9-18-13)16(19)10-5-2-3-6-12(10)17/h2-9,18H,1H3. The number of carbonyl (C=O) groups excluding carboxylic acids is 1. The maximum Gasteiger partial charge on any atom is 0.198 e. The highest BCUT2D eigenvalue weighted by atomic mass is 19.1. The lowest BCUT2D eigenvalue weighted by Gasteiger charge is -2.05. The first-order chi connectivity index (χ1) is 9.72. The van der Waals surface area contributed by atoms with Crippen molar-refractivity contribution >= 4 is 16.7 Å². The summed E-state index contributed by atoms with van der Waals surface area (Å²) in [7, 11) is 1.54. The number of nitrogens with one attached hydrogen (secondary N) is 1. The Balaban J connectivity index is 2.20. The van der Waals surface area contributed by atoms with E-state index in [4.69, 9.17) is 4.74 Å². The van der Waals surface area contributed by atoms with E-state index in [1.807, 2.05) is 12.1 Å². The van der Waals surface area contributed by atoms with Gasteiger partial charge in [0.25, 0.3) is 0 Å². The van der Waals surface area contributed by atoms with E-state index in [1.54, 1.807) is 31.5 Å². The molecule has 20 heavy (non-hydrogen) atoms. The minimum Gasteiger partial charge on any atom is -0.496 e. The first-order valence-electron chi connectivity index (χ1n) is 6.15. The Hall–Kier alpha value is -2.62. The number of aromatic amines is 1. The molecule has 4 heteroatoms. The molecule has 100 valence electrons. The number of aromatic nitrogens is 1. The highest BCUT2D eigenvalue weighted by Gasteiger charge is 2.19. The molecule has 0 aliphatic heterocycles. The predicted octanol–water partition coefficient (Wildman–Crippen LogP) is 3.55. The van der Waals surface area contributed by atoms with Crippen LogP contribution in [0, 0.1) is 5.82 Å². The van der Waals surface area contributed by atoms with Crippen molar-refractivity contribution in [2.75, 3.05) is 7.11 Å². The lowest BCUT2D eigenvalue weighted by molar-refractivity contribution is 0.103. The van der Waals surface area contributed by atoms with Crippen LogP contribution in [0.5, 0.6) is 5.75 Å². The van der Waals surface area contributed by atoms with Crippen LogP contribution in [0.3, 0.4) is 0 Å². The van der Waals surface area contributed by atoms with Crippen molar-refractivity contribution in [3.63, 3.8) is 0 Å². The normalized spacial score (nSPS) is 10.7. The lowest BCUT2D eigenvalue weighted by atomic mass is 10.0. The van der Waals surface area contributed by atoms with Gasteiger partial charge in [-0.05, 0) is 24.3 Å². The zero-order valence-electron chi connectivity index (χ0n) is 10.8. The average molecular weight is 269 g/mol. The third-order valence-electron chi connectivity index (χ3n) is 3.25. The third-order valence-corrected chi connectivity index (χ3v) is 3.25. The Labute approximate surface area is 115 Å². The second-order valence-corrected chi connectivity index (χ2v) is 4.39. The van der Waals surface area contributed by atoms with Crippen LogP contribution in [0.1, 0.15) is 15.9 Å². The molecule has 0 amide bonds. The van der Waals surface area contributed by atoms with Gasteiger partial charge in [-0.2, -0.15) is 0 Å². The van der Waals surface area contributed by atoms with E-state index < -0.39 is 5.82 Å². The number of hydrogen-bond donors (Lipinski definition) is 1. The first-order valence-corrected chi connectivity index (χ1v) is 6.15. The molecule has 0 fully saturated rings. The fourth-order valence-corrected chi connectivity index (χ4v) is 2.29. The average Bonchev–Trinajstić information content (AvgIpc) is 2.91. The summed E-state index contributed by atoms with van der Waals surface area (Å²) in [6.07, 6.45) is 1.59. The van der Waals surface area contributed by atoms with Gasteiger partial charge in [-0.1, -0.05) is 18.2 Å². The van der Waals surface area contributed by atoms with Crippen molar-refractivity contribution in [3.05, 3.63) is 65.6 Å². The number of H-pyrrole nitrogens is 1. The molecule has 0 spiro atoms. The Morgan fingerprint density at radius 2 is 1.90 bits per heavy atom. The van der Waals surface area contributed by atoms with Gasteiger partial charge in [0.05, 0.1) is 23.6 Å². The zero-order valence-corrected chi connectivity index (χ0v) is 10.8. The lowest BCUT2D eigenvalue weighted by Crippen LogP contribution is -2.03. The number of ether oxygens (including phenoxy) is 1. The summed E-state index contributed by atoms with van der Waals surface area (Å²) in [6, 6.07) is 11.4. The smallest absolute Gasteiger partial charge is 0.198 e. The number of halogens is 1. The second kappa shape index (κ2) is 4.81. The minimum atomic E-state index is -0.526. The highest BCUT2D eigenvalue weighted by molar-refractivity contribution is 6.17. The molecule has 0 saturated carbocycles. The van der Waals surface area contributed by atoms with Crippen LogP contribution >= 0.6 is 0 Å². The molecule has 1 aromatic heterocycles. The maximum absolute atomic E-state index is 13.8. The second-order valence-electron chi connectivity index (χ2n) is 4.39. The van der Waals surface area contributed by atoms with Gasteiger partial charge in [0, 0.05) is 11.7 Å². The molecule has 0 atom stereocenters. The quantitative estimate of drug-likeness (QED) is 0.739. The molecule has 0 saturated heterocycles. The zero-order chi connectivity index (χ0) is 14.1. The summed E-state index contributed by atoms with van der Waals surface area (Å²) in [5, 5.41) is 0.670. The van der Waals surface area contributed by atoms with Gasteiger partial charge in [-0.3, -0.25) is 4.79 Å². The number of benzene rings is 2. The number of fused-ring (bicyclic) bond motifs is 1. The first kappa shape index (κ1) is 12.4. The van der Waals surface area contributed by atoms with E-state index in [1.165, 1.54) is 12.1 Å². The monoisotopic (exact) mass is 269 g/mol. The summed E-state index contributed by atoms with van der Waals surface area (Å²) in [5.74, 6) is -0.302. The maximum atomic E-state index is 13.8. The molecule has 0 unspecified atom stereocenters. The van der Waals surface area contributed by atoms with Crippen molar-refractivity contribution in [2.45, 2.75) is 0 Å². The highest BCUT2D eigenvalue weighted by Crippen LogP contribution is 2.30. The molecule has 0 radical (unpaired) electrons. The molecule has 0 aliphatic carbocycles. The van der Waals surface area contributed by atoms with Gasteiger partial charge >= 0.3 is 0 Å². The van der Waals surface area contributed by atoms with Gasteiger partial charge in [-0.15, -0.1) is 0 Å². The van der Waals surface area contributed by atoms with Crippen LogP contribution in [-0.2, 0) is 0 Å². The van der Waals surface area contributed by atoms with Gasteiger partial charge in [0.15, 0.2) is 5.78 Å². The van der Waals surface area contributed by atoms with Crippen LogP contribution in [0.4, 0.5) is 4.39 Å². The molecule has 0 aliphatic rings. The summed E-state index contributed by atoms with van der Waals surface area (Å²) < 4.78 is 19.0. The van der Waals surface area contributed by atoms with Crippen LogP contribution in [0.2, 0.25) is 0 Å². The van der Waals surface area contributed by atoms with Gasteiger partial charge in [0.1, 0.15) is 11.6 Å². The summed E-state index contributed by atoms with van der Waals surface area (Å²) in [4.78, 5) is 15.5. The van der Waals surface area contributed by atoms with Crippen molar-refractivity contribution in [1.82, 2.24) is 4.98 Å². The summed E-state index contributed by atoms with van der Waals surface area (Å²) in [6.45, 7) is 0. The molecule has 0 bridgehead atoms. The third kappa shape index (κ3) is 1.86. The van der Waals surface area contributed by atoms with Gasteiger partial charge < -0.3 is 9.72 Å². The number of methoxy groups -OCH3 is 1. The number of ketones is 1. The summed E-state index contributed by atoms with van der Waals surface area (Å²) in [5.41, 5.74) is 1.24. The fourth-order valence-electron chi connectivity index (χ4n) is 2.29. The number of hydrogen-bond acceptors (Lipinski definition) is 2. The van der Waals surface area contributed by atoms with Crippen molar-refractivity contribution in [1.29, 1.82) is 0 Å². The molecule has 2 aromatic carbocycles. The van der Waals surface area contributed by atoms with Gasteiger partial charge in [-0.25, -0.2) is 4.39 Å². The SMILES string of the molecule is COc1cccc2[nH]cc(C(=O)c3ccccc3F)c12. The number of rotatable bonds is 3. The largest absolute Gasteiger partial charge is 0.496 e. The van der Waals surface area contributed by atoms with E-state index in [-0.39, 0.29) is 11.3 Å². The molecular formula is C16H12FNO2. The van der Waals surface area contributed by atoms with E-state index in [9.17, 15) is 9.18 Å². The van der Waals surface area contributed by atoms with Crippen LogP contribution in [-0.4, -0.2) is 17.9 Å². The van der Waals surface area contributed by atoms with E-state index >= 15 is 0 Å². The van der Waals surface area contributed by atoms with E-state index in [2.05, 4.69) is 4.98 Å². The predicted molar refractivity (Wildman–Crippen MR) is 74.7 cm³/mol. The Morgan fingerprint density at radius 3 is 2.65 bits per heavy atom. The molecule has 3 rings (SSSR count). The van der Waals surface area contributed by atoms with Gasteiger partial charge in [0.2, 0.25) is 0 Å². The van der Waals surface area contributed by atoms with E-state index in [0.29, 0.717) is 16.7 Å². The molecule has 1 heterocycles. The number of carbonyl (C=O) groups is 1. The molecule has 1 N–H and O–H groups in total. The Bertz CT molecular complexity index is 792. The molecular weight excluding hydrogens is 257 g/mol. The summed E-state index contributed by atoms with van der Waals surface area (Å²) >= 11 is 0. The molecule has 3 aromatic rings. The van der Waals surface area contributed by atoms with Crippen LogP contribution < -0.4 is 4.74 Å². The Morgan fingerprint density at radius 1 is 1.10 bits per heavy atom.